The third kappa shape index (κ3) is 4.47. The van der Waals surface area contributed by atoms with E-state index in [0.717, 1.165) is 25.0 Å². The van der Waals surface area contributed by atoms with Gasteiger partial charge in [0.25, 0.3) is 0 Å². The van der Waals surface area contributed by atoms with Gasteiger partial charge in [-0.1, -0.05) is 32.0 Å². The summed E-state index contributed by atoms with van der Waals surface area (Å²) in [5, 5.41) is 2.87. The Hall–Kier alpha value is -1.56. The van der Waals surface area contributed by atoms with Gasteiger partial charge >= 0.3 is 6.18 Å². The molecule has 0 bridgehead atoms. The number of nitrogens with two attached hydrogens (primary N) is 1. The van der Waals surface area contributed by atoms with Gasteiger partial charge in [0.2, 0.25) is 5.91 Å². The summed E-state index contributed by atoms with van der Waals surface area (Å²) in [5.74, 6) is -0.139. The number of hydrogen-bond acceptors (Lipinski definition) is 2. The Bertz CT molecular complexity index is 569. The van der Waals surface area contributed by atoms with E-state index in [9.17, 15) is 18.0 Å². The number of benzene rings is 1. The summed E-state index contributed by atoms with van der Waals surface area (Å²) in [6, 6.07) is 5.34. The fourth-order valence-corrected chi connectivity index (χ4v) is 2.93. The predicted octanol–water partition coefficient (Wildman–Crippen LogP) is 3.23. The van der Waals surface area contributed by atoms with Crippen molar-refractivity contribution in [3.8, 4) is 0 Å². The zero-order valence-corrected chi connectivity index (χ0v) is 13.4. The highest BCUT2D eigenvalue weighted by atomic mass is 19.4. The van der Waals surface area contributed by atoms with Crippen molar-refractivity contribution >= 4 is 5.91 Å². The minimum absolute atomic E-state index is 0.0574. The van der Waals surface area contributed by atoms with Gasteiger partial charge in [0, 0.05) is 23.9 Å². The lowest BCUT2D eigenvalue weighted by molar-refractivity contribution is -0.137. The number of rotatable bonds is 4. The van der Waals surface area contributed by atoms with Crippen LogP contribution in [0.3, 0.4) is 0 Å². The first-order chi connectivity index (χ1) is 10.6. The Morgan fingerprint density at radius 3 is 2.48 bits per heavy atom. The van der Waals surface area contributed by atoms with Crippen LogP contribution in [0.1, 0.15) is 44.2 Å². The second-order valence-electron chi connectivity index (χ2n) is 6.95. The number of carbonyl (C=O) groups excluding carboxylic acids is 1. The highest BCUT2D eigenvalue weighted by molar-refractivity contribution is 5.79. The molecule has 6 heteroatoms. The van der Waals surface area contributed by atoms with Crippen molar-refractivity contribution in [3.05, 3.63) is 35.4 Å². The van der Waals surface area contributed by atoms with E-state index in [4.69, 9.17) is 5.73 Å². The smallest absolute Gasteiger partial charge is 0.355 e. The van der Waals surface area contributed by atoms with Gasteiger partial charge in [-0.25, -0.2) is 0 Å². The Kier molecular flexibility index (Phi) is 5.04. The normalized spacial score (nSPS) is 22.2. The van der Waals surface area contributed by atoms with Crippen LogP contribution in [0.4, 0.5) is 13.2 Å². The molecule has 0 aromatic heterocycles. The lowest BCUT2D eigenvalue weighted by atomic mass is 9.83. The van der Waals surface area contributed by atoms with Crippen molar-refractivity contribution in [1.29, 1.82) is 0 Å². The fraction of sp³-hybridized carbons (Fsp3) is 0.588. The Morgan fingerprint density at radius 2 is 1.91 bits per heavy atom. The molecule has 0 radical (unpaired) electrons. The molecule has 0 saturated heterocycles. The van der Waals surface area contributed by atoms with Crippen LogP contribution in [0.15, 0.2) is 24.3 Å². The van der Waals surface area contributed by atoms with Gasteiger partial charge in [0.15, 0.2) is 0 Å². The highest BCUT2D eigenvalue weighted by Gasteiger charge is 2.33. The zero-order chi connectivity index (χ0) is 17.3. The Morgan fingerprint density at radius 1 is 1.26 bits per heavy atom. The maximum Gasteiger partial charge on any atom is 0.416 e. The molecule has 3 nitrogen and oxygen atoms in total. The number of carbonyl (C=O) groups is 1. The quantitative estimate of drug-likeness (QED) is 0.891. The van der Waals surface area contributed by atoms with E-state index in [1.54, 1.807) is 6.07 Å². The van der Waals surface area contributed by atoms with Gasteiger partial charge in [-0.2, -0.15) is 13.2 Å². The molecule has 0 spiro atoms. The van der Waals surface area contributed by atoms with Crippen molar-refractivity contribution < 1.29 is 18.0 Å². The van der Waals surface area contributed by atoms with Crippen LogP contribution in [0.5, 0.6) is 0 Å². The third-order valence-electron chi connectivity index (χ3n) is 4.52. The van der Waals surface area contributed by atoms with Gasteiger partial charge in [0.05, 0.1) is 5.56 Å². The van der Waals surface area contributed by atoms with Crippen molar-refractivity contribution in [1.82, 2.24) is 5.32 Å². The zero-order valence-electron chi connectivity index (χ0n) is 13.4. The fourth-order valence-electron chi connectivity index (χ4n) is 2.93. The lowest BCUT2D eigenvalue weighted by Gasteiger charge is -2.27. The van der Waals surface area contributed by atoms with Crippen LogP contribution >= 0.6 is 0 Å². The summed E-state index contributed by atoms with van der Waals surface area (Å²) in [5.41, 5.74) is 5.10. The summed E-state index contributed by atoms with van der Waals surface area (Å²) in [6.07, 6.45) is -2.07. The molecule has 2 unspecified atom stereocenters. The predicted molar refractivity (Wildman–Crippen MR) is 82.8 cm³/mol. The van der Waals surface area contributed by atoms with E-state index in [1.807, 2.05) is 13.8 Å². The lowest BCUT2D eigenvalue weighted by Crippen LogP contribution is -2.39. The second-order valence-corrected chi connectivity index (χ2v) is 6.95. The number of halogens is 3. The summed E-state index contributed by atoms with van der Waals surface area (Å²) in [4.78, 5) is 12.1. The minimum Gasteiger partial charge on any atom is -0.355 e. The monoisotopic (exact) mass is 328 g/mol. The average Bonchev–Trinajstić information content (AvgIpc) is 2.91. The van der Waals surface area contributed by atoms with Crippen LogP contribution in [-0.4, -0.2) is 18.5 Å². The molecule has 1 amide bonds. The number of amides is 1. The summed E-state index contributed by atoms with van der Waals surface area (Å²) < 4.78 is 38.5. The van der Waals surface area contributed by atoms with E-state index >= 15 is 0 Å². The molecular weight excluding hydrogens is 305 g/mol. The summed E-state index contributed by atoms with van der Waals surface area (Å²) >= 11 is 0. The van der Waals surface area contributed by atoms with Gasteiger partial charge in [-0.05, 0) is 30.9 Å². The van der Waals surface area contributed by atoms with Crippen molar-refractivity contribution in [2.45, 2.75) is 50.7 Å². The molecular formula is C17H23F3N2O. The van der Waals surface area contributed by atoms with E-state index in [0.29, 0.717) is 18.5 Å². The van der Waals surface area contributed by atoms with E-state index < -0.39 is 17.2 Å². The van der Waals surface area contributed by atoms with Gasteiger partial charge in [-0.3, -0.25) is 4.79 Å². The minimum atomic E-state index is -4.37. The van der Waals surface area contributed by atoms with Crippen LogP contribution in [-0.2, 0) is 16.4 Å². The first kappa shape index (κ1) is 17.8. The second kappa shape index (κ2) is 6.51. The van der Waals surface area contributed by atoms with E-state index in [-0.39, 0.29) is 17.9 Å². The number of nitrogens with one attached hydrogen (secondary N) is 1. The van der Waals surface area contributed by atoms with Gasteiger partial charge < -0.3 is 11.1 Å². The molecule has 2 atom stereocenters. The summed E-state index contributed by atoms with van der Waals surface area (Å²) in [6.45, 7) is 3.94. The molecule has 0 heterocycles. The molecule has 1 fully saturated rings. The van der Waals surface area contributed by atoms with E-state index in [1.165, 1.54) is 6.07 Å². The number of alkyl halides is 3. The topological polar surface area (TPSA) is 55.1 Å². The molecule has 0 aliphatic heterocycles. The Labute approximate surface area is 134 Å². The van der Waals surface area contributed by atoms with Crippen molar-refractivity contribution in [3.63, 3.8) is 0 Å². The van der Waals surface area contributed by atoms with Crippen molar-refractivity contribution in [2.24, 2.45) is 11.7 Å². The molecule has 3 N–H and O–H groups in total. The van der Waals surface area contributed by atoms with Crippen molar-refractivity contribution in [2.75, 3.05) is 6.54 Å². The summed E-state index contributed by atoms with van der Waals surface area (Å²) in [7, 11) is 0. The van der Waals surface area contributed by atoms with Crippen LogP contribution in [0.25, 0.3) is 0 Å². The van der Waals surface area contributed by atoms with E-state index in [2.05, 4.69) is 5.32 Å². The third-order valence-corrected chi connectivity index (χ3v) is 4.52. The Balaban J connectivity index is 2.02. The standard InChI is InChI=1S/C17H23F3N2O/c1-16(2,10-22-15(23)11-6-7-14(21)8-11)12-4-3-5-13(9-12)17(18,19)20/h3-5,9,11,14H,6-8,10,21H2,1-2H3,(H,22,23). The molecule has 23 heavy (non-hydrogen) atoms. The first-order valence-electron chi connectivity index (χ1n) is 7.80. The molecule has 1 aromatic carbocycles. The van der Waals surface area contributed by atoms with Crippen LogP contribution in [0.2, 0.25) is 0 Å². The molecule has 1 saturated carbocycles. The largest absolute Gasteiger partial charge is 0.416 e. The maximum absolute atomic E-state index is 12.8. The van der Waals surface area contributed by atoms with Gasteiger partial charge in [0.1, 0.15) is 0 Å². The SMILES string of the molecule is CC(C)(CNC(=O)C1CCC(N)C1)c1cccc(C(F)(F)F)c1. The van der Waals surface area contributed by atoms with Crippen LogP contribution in [0, 0.1) is 5.92 Å². The van der Waals surface area contributed by atoms with Crippen LogP contribution < -0.4 is 11.1 Å². The number of hydrogen-bond donors (Lipinski definition) is 2. The molecule has 1 aliphatic carbocycles. The first-order valence-corrected chi connectivity index (χ1v) is 7.80. The maximum atomic E-state index is 12.8. The van der Waals surface area contributed by atoms with Gasteiger partial charge in [-0.15, -0.1) is 0 Å². The average molecular weight is 328 g/mol. The molecule has 2 rings (SSSR count). The molecule has 1 aromatic rings. The highest BCUT2D eigenvalue weighted by Crippen LogP contribution is 2.32. The molecule has 128 valence electrons. The molecule has 1 aliphatic rings.